The molecule has 1 aromatic rings. The van der Waals surface area contributed by atoms with Crippen molar-refractivity contribution in [2.75, 3.05) is 0 Å². The Labute approximate surface area is 128 Å². The molecule has 1 aliphatic carbocycles. The maximum Gasteiger partial charge on any atom is 0.315 e. The highest BCUT2D eigenvalue weighted by molar-refractivity contribution is 6.31. The lowest BCUT2D eigenvalue weighted by atomic mass is 9.86. The zero-order valence-electron chi connectivity index (χ0n) is 11.6. The number of rotatable bonds is 4. The quantitative estimate of drug-likeness (QED) is 0.800. The molecular weight excluding hydrogens is 292 g/mol. The fraction of sp³-hybridized carbons (Fsp3) is 0.467. The van der Waals surface area contributed by atoms with Gasteiger partial charge in [0.25, 0.3) is 0 Å². The number of urea groups is 1. The van der Waals surface area contributed by atoms with Gasteiger partial charge in [0.2, 0.25) is 0 Å². The Morgan fingerprint density at radius 2 is 1.86 bits per heavy atom. The van der Waals surface area contributed by atoms with Gasteiger partial charge >= 0.3 is 12.0 Å². The number of carbonyl (C=O) groups excluding carboxylic acids is 1. The molecule has 0 atom stereocenters. The molecule has 1 aromatic carbocycles. The van der Waals surface area contributed by atoms with Gasteiger partial charge in [-0.1, -0.05) is 29.8 Å². The summed E-state index contributed by atoms with van der Waals surface area (Å²) >= 11 is 6.02. The highest BCUT2D eigenvalue weighted by Gasteiger charge is 2.26. The number of carboxylic acids is 1. The average Bonchev–Trinajstić information content (AvgIpc) is 2.47. The van der Waals surface area contributed by atoms with Crippen molar-refractivity contribution in [1.29, 1.82) is 0 Å². The number of halogens is 1. The molecule has 2 rings (SSSR count). The minimum Gasteiger partial charge on any atom is -0.481 e. The third kappa shape index (κ3) is 4.63. The zero-order valence-corrected chi connectivity index (χ0v) is 12.4. The van der Waals surface area contributed by atoms with Crippen LogP contribution in [0.15, 0.2) is 24.3 Å². The van der Waals surface area contributed by atoms with Crippen LogP contribution >= 0.6 is 11.6 Å². The molecule has 0 bridgehead atoms. The first-order chi connectivity index (χ1) is 10.1. The largest absolute Gasteiger partial charge is 0.481 e. The normalized spacial score (nSPS) is 21.6. The van der Waals surface area contributed by atoms with E-state index in [9.17, 15) is 9.59 Å². The van der Waals surface area contributed by atoms with Crippen LogP contribution in [-0.4, -0.2) is 23.1 Å². The molecule has 5 nitrogen and oxygen atoms in total. The van der Waals surface area contributed by atoms with E-state index in [0.717, 1.165) is 5.56 Å². The molecular formula is C15H19ClN2O3. The zero-order chi connectivity index (χ0) is 15.2. The molecule has 0 aliphatic heterocycles. The Morgan fingerprint density at radius 1 is 1.19 bits per heavy atom. The van der Waals surface area contributed by atoms with Crippen molar-refractivity contribution < 1.29 is 14.7 Å². The lowest BCUT2D eigenvalue weighted by Gasteiger charge is -2.26. The Bertz CT molecular complexity index is 513. The first-order valence-electron chi connectivity index (χ1n) is 7.07. The van der Waals surface area contributed by atoms with Crippen LogP contribution in [0.25, 0.3) is 0 Å². The fourth-order valence-electron chi connectivity index (χ4n) is 2.54. The molecule has 0 heterocycles. The van der Waals surface area contributed by atoms with Crippen LogP contribution in [-0.2, 0) is 11.3 Å². The van der Waals surface area contributed by atoms with Crippen LogP contribution in [0.3, 0.4) is 0 Å². The Kier molecular flexibility index (Phi) is 5.44. The number of nitrogens with one attached hydrogen (secondary N) is 2. The summed E-state index contributed by atoms with van der Waals surface area (Å²) in [5.41, 5.74) is 0.865. The smallest absolute Gasteiger partial charge is 0.315 e. The summed E-state index contributed by atoms with van der Waals surface area (Å²) in [6.07, 6.45) is 2.64. The second-order valence-electron chi connectivity index (χ2n) is 5.31. The SMILES string of the molecule is O=C(NCc1ccccc1Cl)NC1CCC(C(=O)O)CC1. The molecule has 114 valence electrons. The van der Waals surface area contributed by atoms with E-state index in [0.29, 0.717) is 37.3 Å². The van der Waals surface area contributed by atoms with Crippen molar-refractivity contribution in [2.24, 2.45) is 5.92 Å². The number of carbonyl (C=O) groups is 2. The topological polar surface area (TPSA) is 78.4 Å². The predicted molar refractivity (Wildman–Crippen MR) is 80.2 cm³/mol. The monoisotopic (exact) mass is 310 g/mol. The Morgan fingerprint density at radius 3 is 2.48 bits per heavy atom. The second-order valence-corrected chi connectivity index (χ2v) is 5.71. The number of aliphatic carboxylic acids is 1. The lowest BCUT2D eigenvalue weighted by molar-refractivity contribution is -0.142. The highest BCUT2D eigenvalue weighted by Crippen LogP contribution is 2.24. The van der Waals surface area contributed by atoms with E-state index in [1.54, 1.807) is 6.07 Å². The maximum atomic E-state index is 11.8. The van der Waals surface area contributed by atoms with E-state index in [4.69, 9.17) is 16.7 Å². The summed E-state index contributed by atoms with van der Waals surface area (Å²) in [7, 11) is 0. The summed E-state index contributed by atoms with van der Waals surface area (Å²) < 4.78 is 0. The van der Waals surface area contributed by atoms with Crippen molar-refractivity contribution in [3.8, 4) is 0 Å². The number of amides is 2. The third-order valence-electron chi connectivity index (χ3n) is 3.81. The molecule has 21 heavy (non-hydrogen) atoms. The first-order valence-corrected chi connectivity index (χ1v) is 7.44. The van der Waals surface area contributed by atoms with E-state index in [1.807, 2.05) is 18.2 Å². The van der Waals surface area contributed by atoms with Gasteiger partial charge in [-0.2, -0.15) is 0 Å². The summed E-state index contributed by atoms with van der Waals surface area (Å²) in [4.78, 5) is 22.7. The molecule has 0 aromatic heterocycles. The van der Waals surface area contributed by atoms with Crippen LogP contribution in [0.4, 0.5) is 4.79 Å². The highest BCUT2D eigenvalue weighted by atomic mass is 35.5. The Hall–Kier alpha value is -1.75. The molecule has 0 unspecified atom stereocenters. The molecule has 0 saturated heterocycles. The molecule has 6 heteroatoms. The molecule has 1 aliphatic rings. The van der Waals surface area contributed by atoms with Gasteiger partial charge in [0, 0.05) is 17.6 Å². The van der Waals surface area contributed by atoms with Gasteiger partial charge in [-0.25, -0.2) is 4.79 Å². The molecule has 1 fully saturated rings. The molecule has 2 amide bonds. The van der Waals surface area contributed by atoms with Gasteiger partial charge < -0.3 is 15.7 Å². The number of hydrogen-bond acceptors (Lipinski definition) is 2. The third-order valence-corrected chi connectivity index (χ3v) is 4.18. The summed E-state index contributed by atoms with van der Waals surface area (Å²) in [6, 6.07) is 7.16. The van der Waals surface area contributed by atoms with E-state index < -0.39 is 5.97 Å². The molecule has 3 N–H and O–H groups in total. The van der Waals surface area contributed by atoms with Crippen LogP contribution < -0.4 is 10.6 Å². The van der Waals surface area contributed by atoms with Crippen molar-refractivity contribution in [2.45, 2.75) is 38.3 Å². The number of hydrogen-bond donors (Lipinski definition) is 3. The molecule has 0 radical (unpaired) electrons. The van der Waals surface area contributed by atoms with E-state index in [2.05, 4.69) is 10.6 Å². The van der Waals surface area contributed by atoms with E-state index in [-0.39, 0.29) is 18.0 Å². The predicted octanol–water partition coefficient (Wildman–Crippen LogP) is 2.78. The van der Waals surface area contributed by atoms with Crippen LogP contribution in [0.2, 0.25) is 5.02 Å². The Balaban J connectivity index is 1.73. The minimum absolute atomic E-state index is 0.0480. The summed E-state index contributed by atoms with van der Waals surface area (Å²) in [5.74, 6) is -1.01. The second kappa shape index (κ2) is 7.31. The van der Waals surface area contributed by atoms with Crippen molar-refractivity contribution in [3.05, 3.63) is 34.9 Å². The molecule has 1 saturated carbocycles. The molecule has 0 spiro atoms. The summed E-state index contributed by atoms with van der Waals surface area (Å²) in [6.45, 7) is 0.371. The maximum absolute atomic E-state index is 11.8. The first kappa shape index (κ1) is 15.6. The fourth-order valence-corrected chi connectivity index (χ4v) is 2.74. The lowest BCUT2D eigenvalue weighted by Crippen LogP contribution is -2.43. The van der Waals surface area contributed by atoms with Gasteiger partial charge in [-0.3, -0.25) is 4.79 Å². The summed E-state index contributed by atoms with van der Waals surface area (Å²) in [5, 5.41) is 15.2. The van der Waals surface area contributed by atoms with Gasteiger partial charge in [-0.15, -0.1) is 0 Å². The van der Waals surface area contributed by atoms with Crippen LogP contribution in [0, 0.1) is 5.92 Å². The van der Waals surface area contributed by atoms with Crippen molar-refractivity contribution in [3.63, 3.8) is 0 Å². The van der Waals surface area contributed by atoms with Gasteiger partial charge in [0.15, 0.2) is 0 Å². The standard InChI is InChI=1S/C15H19ClN2O3/c16-13-4-2-1-3-11(13)9-17-15(21)18-12-7-5-10(6-8-12)14(19)20/h1-4,10,12H,5-9H2,(H,19,20)(H2,17,18,21). The average molecular weight is 311 g/mol. The van der Waals surface area contributed by atoms with Crippen LogP contribution in [0.5, 0.6) is 0 Å². The van der Waals surface area contributed by atoms with Gasteiger partial charge in [0.05, 0.1) is 5.92 Å². The van der Waals surface area contributed by atoms with Crippen LogP contribution in [0.1, 0.15) is 31.2 Å². The van der Waals surface area contributed by atoms with Gasteiger partial charge in [-0.05, 0) is 37.3 Å². The number of carboxylic acid groups (broad SMARTS) is 1. The van der Waals surface area contributed by atoms with E-state index >= 15 is 0 Å². The minimum atomic E-state index is -0.739. The van der Waals surface area contributed by atoms with Crippen molar-refractivity contribution >= 4 is 23.6 Å². The van der Waals surface area contributed by atoms with Crippen molar-refractivity contribution in [1.82, 2.24) is 10.6 Å². The van der Waals surface area contributed by atoms with Gasteiger partial charge in [0.1, 0.15) is 0 Å². The number of benzene rings is 1. The van der Waals surface area contributed by atoms with E-state index in [1.165, 1.54) is 0 Å².